The molecule has 4 nitrogen and oxygen atoms in total. The number of methoxy groups -OCH3 is 2. The Kier molecular flexibility index (Phi) is 9.29. The number of ether oxygens (including phenoxy) is 2. The van der Waals surface area contributed by atoms with Gasteiger partial charge in [-0.25, -0.2) is 0 Å². The SMILES string of the molecule is CNCCC1CCN(Cc2ccc(OC)c(OC)c2Br)CC1.Cl. The van der Waals surface area contributed by atoms with Crippen molar-refractivity contribution in [2.45, 2.75) is 25.8 Å². The summed E-state index contributed by atoms with van der Waals surface area (Å²) in [4.78, 5) is 2.53. The van der Waals surface area contributed by atoms with Crippen LogP contribution in [0.25, 0.3) is 0 Å². The van der Waals surface area contributed by atoms with Gasteiger partial charge in [-0.15, -0.1) is 12.4 Å². The molecule has 0 aromatic heterocycles. The van der Waals surface area contributed by atoms with Crippen LogP contribution in [0.5, 0.6) is 11.5 Å². The molecule has 1 heterocycles. The Balaban J connectivity index is 0.00000264. The van der Waals surface area contributed by atoms with Gasteiger partial charge in [-0.1, -0.05) is 6.07 Å². The first-order valence-electron chi connectivity index (χ1n) is 7.95. The van der Waals surface area contributed by atoms with Crippen LogP contribution in [-0.2, 0) is 6.54 Å². The third-order valence-electron chi connectivity index (χ3n) is 4.47. The van der Waals surface area contributed by atoms with E-state index >= 15 is 0 Å². The summed E-state index contributed by atoms with van der Waals surface area (Å²) in [5.41, 5.74) is 1.26. The van der Waals surface area contributed by atoms with Gasteiger partial charge in [-0.3, -0.25) is 4.90 Å². The van der Waals surface area contributed by atoms with Crippen molar-refractivity contribution in [3.05, 3.63) is 22.2 Å². The summed E-state index contributed by atoms with van der Waals surface area (Å²) in [6.07, 6.45) is 3.89. The maximum Gasteiger partial charge on any atom is 0.175 e. The molecule has 6 heteroatoms. The number of nitrogens with zero attached hydrogens (tertiary/aromatic N) is 1. The van der Waals surface area contributed by atoms with Crippen molar-refractivity contribution in [2.24, 2.45) is 5.92 Å². The van der Waals surface area contributed by atoms with Crippen LogP contribution in [-0.4, -0.2) is 45.8 Å². The van der Waals surface area contributed by atoms with E-state index in [4.69, 9.17) is 9.47 Å². The molecule has 1 fully saturated rings. The van der Waals surface area contributed by atoms with Crippen molar-refractivity contribution in [2.75, 3.05) is 40.9 Å². The van der Waals surface area contributed by atoms with E-state index < -0.39 is 0 Å². The van der Waals surface area contributed by atoms with E-state index in [1.165, 1.54) is 37.9 Å². The molecule has 1 aliphatic rings. The zero-order valence-corrected chi connectivity index (χ0v) is 16.6. The molecular weight excluding hydrogens is 380 g/mol. The van der Waals surface area contributed by atoms with Gasteiger partial charge in [0.25, 0.3) is 0 Å². The van der Waals surface area contributed by atoms with Gasteiger partial charge < -0.3 is 14.8 Å². The largest absolute Gasteiger partial charge is 0.493 e. The summed E-state index contributed by atoms with van der Waals surface area (Å²) in [5.74, 6) is 2.42. The average molecular weight is 408 g/mol. The minimum absolute atomic E-state index is 0. The van der Waals surface area contributed by atoms with E-state index in [0.717, 1.165) is 35.0 Å². The maximum absolute atomic E-state index is 5.46. The number of likely N-dealkylation sites (tertiary alicyclic amines) is 1. The number of hydrogen-bond donors (Lipinski definition) is 1. The highest BCUT2D eigenvalue weighted by Crippen LogP contribution is 2.38. The quantitative estimate of drug-likeness (QED) is 0.747. The van der Waals surface area contributed by atoms with E-state index in [2.05, 4.69) is 32.2 Å². The maximum atomic E-state index is 5.46. The predicted octanol–water partition coefficient (Wildman–Crippen LogP) is 3.71. The summed E-state index contributed by atoms with van der Waals surface area (Å²) >= 11 is 3.67. The minimum Gasteiger partial charge on any atom is -0.493 e. The van der Waals surface area contributed by atoms with Gasteiger partial charge in [-0.05, 0) is 79.4 Å². The van der Waals surface area contributed by atoms with Gasteiger partial charge in [0.2, 0.25) is 0 Å². The average Bonchev–Trinajstić information content (AvgIpc) is 2.55. The molecule has 23 heavy (non-hydrogen) atoms. The lowest BCUT2D eigenvalue weighted by Crippen LogP contribution is -2.34. The number of hydrogen-bond acceptors (Lipinski definition) is 4. The van der Waals surface area contributed by atoms with Gasteiger partial charge in [-0.2, -0.15) is 0 Å². The molecule has 1 aromatic carbocycles. The Morgan fingerprint density at radius 2 is 1.91 bits per heavy atom. The molecule has 1 aromatic rings. The fourth-order valence-electron chi connectivity index (χ4n) is 3.07. The van der Waals surface area contributed by atoms with E-state index in [9.17, 15) is 0 Å². The second-order valence-electron chi connectivity index (χ2n) is 5.89. The molecule has 0 atom stereocenters. The highest BCUT2D eigenvalue weighted by Gasteiger charge is 2.20. The molecule has 0 aliphatic carbocycles. The molecule has 0 bridgehead atoms. The topological polar surface area (TPSA) is 33.7 Å². The van der Waals surface area contributed by atoms with E-state index in [-0.39, 0.29) is 12.4 Å². The number of halogens is 2. The molecule has 0 radical (unpaired) electrons. The molecule has 132 valence electrons. The van der Waals surface area contributed by atoms with Crippen LogP contribution < -0.4 is 14.8 Å². The Bertz CT molecular complexity index is 480. The van der Waals surface area contributed by atoms with Crippen LogP contribution in [0, 0.1) is 5.92 Å². The molecular formula is C17H28BrClN2O2. The van der Waals surface area contributed by atoms with Crippen LogP contribution in [0.2, 0.25) is 0 Å². The lowest BCUT2D eigenvalue weighted by atomic mass is 9.93. The van der Waals surface area contributed by atoms with Gasteiger partial charge in [0.05, 0.1) is 18.7 Å². The Labute approximate surface area is 154 Å². The van der Waals surface area contributed by atoms with Crippen molar-refractivity contribution >= 4 is 28.3 Å². The highest BCUT2D eigenvalue weighted by atomic mass is 79.9. The van der Waals surface area contributed by atoms with Crippen molar-refractivity contribution in [3.63, 3.8) is 0 Å². The van der Waals surface area contributed by atoms with E-state index in [1.54, 1.807) is 14.2 Å². The van der Waals surface area contributed by atoms with E-state index in [1.807, 2.05) is 13.1 Å². The number of rotatable bonds is 7. The van der Waals surface area contributed by atoms with Gasteiger partial charge in [0.15, 0.2) is 11.5 Å². The summed E-state index contributed by atoms with van der Waals surface area (Å²) < 4.78 is 11.8. The second kappa shape index (κ2) is 10.4. The van der Waals surface area contributed by atoms with Crippen LogP contribution in [0.4, 0.5) is 0 Å². The van der Waals surface area contributed by atoms with Crippen LogP contribution >= 0.6 is 28.3 Å². The van der Waals surface area contributed by atoms with E-state index in [0.29, 0.717) is 0 Å². The first-order chi connectivity index (χ1) is 10.7. The smallest absolute Gasteiger partial charge is 0.175 e. The lowest BCUT2D eigenvalue weighted by Gasteiger charge is -2.32. The molecule has 1 saturated heterocycles. The highest BCUT2D eigenvalue weighted by molar-refractivity contribution is 9.10. The summed E-state index contributed by atoms with van der Waals surface area (Å²) in [5, 5.41) is 3.25. The zero-order valence-electron chi connectivity index (χ0n) is 14.2. The lowest BCUT2D eigenvalue weighted by molar-refractivity contribution is 0.172. The molecule has 2 rings (SSSR count). The molecule has 0 saturated carbocycles. The molecule has 0 amide bonds. The Morgan fingerprint density at radius 3 is 2.48 bits per heavy atom. The standard InChI is InChI=1S/C17H27BrN2O2.ClH/c1-19-9-6-13-7-10-20(11-8-13)12-14-4-5-15(21-2)17(22-3)16(14)18;/h4-5,13,19H,6-12H2,1-3H3;1H. The third-order valence-corrected chi connectivity index (χ3v) is 5.34. The fourth-order valence-corrected chi connectivity index (χ4v) is 3.69. The fraction of sp³-hybridized carbons (Fsp3) is 0.647. The van der Waals surface area contributed by atoms with Gasteiger partial charge >= 0.3 is 0 Å². The predicted molar refractivity (Wildman–Crippen MR) is 101 cm³/mol. The molecule has 0 unspecified atom stereocenters. The first-order valence-corrected chi connectivity index (χ1v) is 8.75. The molecule has 1 aliphatic heterocycles. The summed E-state index contributed by atoms with van der Waals surface area (Å²) in [6, 6.07) is 4.11. The van der Waals surface area contributed by atoms with Gasteiger partial charge in [0.1, 0.15) is 0 Å². The zero-order chi connectivity index (χ0) is 15.9. The summed E-state index contributed by atoms with van der Waals surface area (Å²) in [6.45, 7) is 4.44. The summed E-state index contributed by atoms with van der Waals surface area (Å²) in [7, 11) is 5.38. The van der Waals surface area contributed by atoms with Gasteiger partial charge in [0, 0.05) is 6.54 Å². The molecule has 1 N–H and O–H groups in total. The van der Waals surface area contributed by atoms with Crippen molar-refractivity contribution < 1.29 is 9.47 Å². The monoisotopic (exact) mass is 406 g/mol. The number of benzene rings is 1. The van der Waals surface area contributed by atoms with Crippen LogP contribution in [0.3, 0.4) is 0 Å². The van der Waals surface area contributed by atoms with Crippen molar-refractivity contribution in [1.29, 1.82) is 0 Å². The number of piperidine rings is 1. The Hall–Kier alpha value is -0.490. The van der Waals surface area contributed by atoms with Crippen LogP contribution in [0.15, 0.2) is 16.6 Å². The normalized spacial score (nSPS) is 16.0. The third kappa shape index (κ3) is 5.52. The number of nitrogens with one attached hydrogen (secondary N) is 1. The second-order valence-corrected chi connectivity index (χ2v) is 6.68. The molecule has 0 spiro atoms. The van der Waals surface area contributed by atoms with Crippen molar-refractivity contribution in [3.8, 4) is 11.5 Å². The van der Waals surface area contributed by atoms with Crippen LogP contribution in [0.1, 0.15) is 24.8 Å². The first kappa shape index (κ1) is 20.6. The minimum atomic E-state index is 0. The Morgan fingerprint density at radius 1 is 1.22 bits per heavy atom. The van der Waals surface area contributed by atoms with Crippen molar-refractivity contribution in [1.82, 2.24) is 10.2 Å².